The standard InChI is InChI=1S/C21H22N2O2/c1-24-17-10-6-15(7-11-17)14-19(20-4-3-5-21(22)23-20)16-8-12-18(25-2)13-9-16/h3-13,19H,14H2,1-2H3,(H2,22,23)/p+1. The highest BCUT2D eigenvalue weighted by Crippen LogP contribution is 2.28. The Morgan fingerprint density at radius 2 is 1.44 bits per heavy atom. The second kappa shape index (κ2) is 7.71. The van der Waals surface area contributed by atoms with Crippen molar-refractivity contribution in [3.63, 3.8) is 0 Å². The monoisotopic (exact) mass is 335 g/mol. The second-order valence-electron chi connectivity index (χ2n) is 5.94. The molecule has 3 N–H and O–H groups in total. The highest BCUT2D eigenvalue weighted by Gasteiger charge is 2.19. The number of H-pyrrole nitrogens is 1. The van der Waals surface area contributed by atoms with Crippen LogP contribution in [0, 0.1) is 0 Å². The summed E-state index contributed by atoms with van der Waals surface area (Å²) >= 11 is 0. The van der Waals surface area contributed by atoms with Gasteiger partial charge < -0.3 is 9.47 Å². The lowest BCUT2D eigenvalue weighted by Crippen LogP contribution is -2.21. The second-order valence-corrected chi connectivity index (χ2v) is 5.94. The van der Waals surface area contributed by atoms with Gasteiger partial charge in [0.1, 0.15) is 17.2 Å². The van der Waals surface area contributed by atoms with Gasteiger partial charge in [-0.15, -0.1) is 0 Å². The van der Waals surface area contributed by atoms with E-state index in [9.17, 15) is 0 Å². The van der Waals surface area contributed by atoms with Crippen molar-refractivity contribution in [1.29, 1.82) is 0 Å². The van der Waals surface area contributed by atoms with Crippen molar-refractivity contribution in [2.45, 2.75) is 12.3 Å². The van der Waals surface area contributed by atoms with Gasteiger partial charge in [0.15, 0.2) is 0 Å². The summed E-state index contributed by atoms with van der Waals surface area (Å²) in [6, 6.07) is 22.3. The molecule has 2 aromatic carbocycles. The van der Waals surface area contributed by atoms with E-state index in [2.05, 4.69) is 35.3 Å². The van der Waals surface area contributed by atoms with Crippen LogP contribution < -0.4 is 20.2 Å². The van der Waals surface area contributed by atoms with E-state index in [4.69, 9.17) is 15.2 Å². The number of benzene rings is 2. The molecule has 0 aliphatic rings. The molecule has 1 aromatic heterocycles. The molecule has 0 amide bonds. The molecule has 0 radical (unpaired) electrons. The zero-order valence-electron chi connectivity index (χ0n) is 14.5. The third-order valence-electron chi connectivity index (χ3n) is 4.33. The molecule has 1 atom stereocenters. The number of nitrogen functional groups attached to an aromatic ring is 1. The van der Waals surface area contributed by atoms with Gasteiger partial charge in [0.25, 0.3) is 5.82 Å². The van der Waals surface area contributed by atoms with Gasteiger partial charge in [0.2, 0.25) is 0 Å². The summed E-state index contributed by atoms with van der Waals surface area (Å²) in [7, 11) is 3.35. The molecule has 1 heterocycles. The predicted molar refractivity (Wildman–Crippen MR) is 98.9 cm³/mol. The normalized spacial score (nSPS) is 11.8. The molecular weight excluding hydrogens is 312 g/mol. The Morgan fingerprint density at radius 1 is 0.840 bits per heavy atom. The van der Waals surface area contributed by atoms with Crippen molar-refractivity contribution in [3.8, 4) is 11.5 Å². The number of aromatic amines is 1. The lowest BCUT2D eigenvalue weighted by atomic mass is 9.88. The zero-order chi connectivity index (χ0) is 17.6. The molecule has 0 spiro atoms. The molecule has 4 nitrogen and oxygen atoms in total. The summed E-state index contributed by atoms with van der Waals surface area (Å²) in [5.41, 5.74) is 9.48. The lowest BCUT2D eigenvalue weighted by molar-refractivity contribution is -0.374. The molecule has 0 saturated heterocycles. The molecule has 4 heteroatoms. The van der Waals surface area contributed by atoms with Gasteiger partial charge in [-0.1, -0.05) is 30.3 Å². The first-order chi connectivity index (χ1) is 12.2. The van der Waals surface area contributed by atoms with Gasteiger partial charge >= 0.3 is 0 Å². The van der Waals surface area contributed by atoms with Crippen LogP contribution in [-0.2, 0) is 6.42 Å². The van der Waals surface area contributed by atoms with Crippen LogP contribution in [0.15, 0.2) is 66.7 Å². The largest absolute Gasteiger partial charge is 0.497 e. The van der Waals surface area contributed by atoms with E-state index in [1.807, 2.05) is 36.4 Å². The minimum atomic E-state index is 0.169. The fraction of sp³-hybridized carbons (Fsp3) is 0.190. The van der Waals surface area contributed by atoms with Gasteiger partial charge in [0.05, 0.1) is 14.2 Å². The highest BCUT2D eigenvalue weighted by molar-refractivity contribution is 5.36. The van der Waals surface area contributed by atoms with Crippen LogP contribution in [0.25, 0.3) is 0 Å². The summed E-state index contributed by atoms with van der Waals surface area (Å²) < 4.78 is 10.5. The Kier molecular flexibility index (Phi) is 5.19. The van der Waals surface area contributed by atoms with Gasteiger partial charge in [-0.3, -0.25) is 5.73 Å². The van der Waals surface area contributed by atoms with Crippen LogP contribution in [0.3, 0.4) is 0 Å². The van der Waals surface area contributed by atoms with Gasteiger partial charge in [-0.25, -0.2) is 4.98 Å². The molecule has 0 aliphatic heterocycles. The van der Waals surface area contributed by atoms with Crippen LogP contribution in [0.5, 0.6) is 11.5 Å². The molecule has 128 valence electrons. The lowest BCUT2D eigenvalue weighted by Gasteiger charge is -2.17. The Bertz CT molecular complexity index is 814. The maximum Gasteiger partial charge on any atom is 0.270 e. The number of pyridine rings is 1. The third kappa shape index (κ3) is 4.10. The number of hydrogen-bond acceptors (Lipinski definition) is 3. The number of nitrogens with two attached hydrogens (primary N) is 1. The minimum absolute atomic E-state index is 0.169. The van der Waals surface area contributed by atoms with E-state index in [1.165, 1.54) is 11.1 Å². The van der Waals surface area contributed by atoms with Crippen LogP contribution in [0.2, 0.25) is 0 Å². The molecule has 1 unspecified atom stereocenters. The molecule has 3 aromatic rings. The summed E-state index contributed by atoms with van der Waals surface area (Å²) in [5.74, 6) is 2.54. The topological polar surface area (TPSA) is 58.6 Å². The Hall–Kier alpha value is -3.01. The van der Waals surface area contributed by atoms with Gasteiger partial charge in [-0.2, -0.15) is 0 Å². The van der Waals surface area contributed by atoms with Crippen molar-refractivity contribution in [2.24, 2.45) is 0 Å². The molecule has 3 rings (SSSR count). The first-order valence-electron chi connectivity index (χ1n) is 8.24. The third-order valence-corrected chi connectivity index (χ3v) is 4.33. The van der Waals surface area contributed by atoms with Crippen LogP contribution in [0.1, 0.15) is 22.7 Å². The Morgan fingerprint density at radius 3 is 2.00 bits per heavy atom. The van der Waals surface area contributed by atoms with E-state index in [0.29, 0.717) is 5.82 Å². The van der Waals surface area contributed by atoms with Crippen molar-refractivity contribution in [2.75, 3.05) is 20.0 Å². The number of aromatic nitrogens is 1. The Balaban J connectivity index is 1.95. The fourth-order valence-electron chi connectivity index (χ4n) is 2.95. The summed E-state index contributed by atoms with van der Waals surface area (Å²) in [4.78, 5) is 3.30. The Labute approximate surface area is 148 Å². The smallest absolute Gasteiger partial charge is 0.270 e. The van der Waals surface area contributed by atoms with Gasteiger partial charge in [0, 0.05) is 12.0 Å². The number of ether oxygens (including phenoxy) is 2. The zero-order valence-corrected chi connectivity index (χ0v) is 14.5. The maximum atomic E-state index is 5.96. The molecule has 0 fully saturated rings. The van der Waals surface area contributed by atoms with E-state index < -0.39 is 0 Å². The fourth-order valence-corrected chi connectivity index (χ4v) is 2.95. The van der Waals surface area contributed by atoms with E-state index in [-0.39, 0.29) is 5.92 Å². The first kappa shape index (κ1) is 16.8. The van der Waals surface area contributed by atoms with Crippen LogP contribution in [0.4, 0.5) is 5.82 Å². The maximum absolute atomic E-state index is 5.96. The van der Waals surface area contributed by atoms with E-state index in [1.54, 1.807) is 14.2 Å². The molecular formula is C21H23N2O2+. The van der Waals surface area contributed by atoms with Gasteiger partial charge in [-0.05, 0) is 47.9 Å². The molecule has 0 bridgehead atoms. The quantitative estimate of drug-likeness (QED) is 0.750. The van der Waals surface area contributed by atoms with Crippen LogP contribution >= 0.6 is 0 Å². The number of methoxy groups -OCH3 is 2. The van der Waals surface area contributed by atoms with Crippen molar-refractivity contribution >= 4 is 5.82 Å². The van der Waals surface area contributed by atoms with Crippen LogP contribution in [-0.4, -0.2) is 14.2 Å². The average Bonchev–Trinajstić information content (AvgIpc) is 2.67. The summed E-state index contributed by atoms with van der Waals surface area (Å²) in [6.45, 7) is 0. The SMILES string of the molecule is COc1ccc(CC(c2ccc(OC)cc2)c2cccc(N)[nH+]2)cc1. The van der Waals surface area contributed by atoms with Crippen molar-refractivity contribution in [1.82, 2.24) is 0 Å². The highest BCUT2D eigenvalue weighted by atomic mass is 16.5. The number of rotatable bonds is 6. The van der Waals surface area contributed by atoms with E-state index in [0.717, 1.165) is 23.6 Å². The van der Waals surface area contributed by atoms with Crippen molar-refractivity contribution in [3.05, 3.63) is 83.6 Å². The number of nitrogens with one attached hydrogen (secondary N) is 1. The van der Waals surface area contributed by atoms with E-state index >= 15 is 0 Å². The molecule has 0 aliphatic carbocycles. The molecule has 0 saturated carbocycles. The van der Waals surface area contributed by atoms with Crippen molar-refractivity contribution < 1.29 is 14.5 Å². The summed E-state index contributed by atoms with van der Waals surface area (Å²) in [6.07, 6.45) is 0.857. The minimum Gasteiger partial charge on any atom is -0.497 e. The molecule has 25 heavy (non-hydrogen) atoms. The average molecular weight is 335 g/mol. The number of anilines is 1. The summed E-state index contributed by atoms with van der Waals surface area (Å²) in [5, 5.41) is 0. The predicted octanol–water partition coefficient (Wildman–Crippen LogP) is 3.47. The first-order valence-corrected chi connectivity index (χ1v) is 8.24. The number of hydrogen-bond donors (Lipinski definition) is 1.